The van der Waals surface area contributed by atoms with E-state index in [9.17, 15) is 0 Å². The summed E-state index contributed by atoms with van der Waals surface area (Å²) >= 11 is 0. The monoisotopic (exact) mass is 231 g/mol. The summed E-state index contributed by atoms with van der Waals surface area (Å²) in [5, 5.41) is 3.34. The maximum Gasteiger partial charge on any atom is 0.0623 e. The summed E-state index contributed by atoms with van der Waals surface area (Å²) in [6, 6.07) is 0.534. The van der Waals surface area contributed by atoms with E-state index in [-0.39, 0.29) is 5.60 Å². The average molecular weight is 231 g/mol. The topological polar surface area (TPSA) is 30.5 Å². The summed E-state index contributed by atoms with van der Waals surface area (Å²) < 4.78 is 10.9. The molecule has 0 fully saturated rings. The summed E-state index contributed by atoms with van der Waals surface area (Å²) in [5.74, 6) is 0. The number of nitrogens with one attached hydrogen (secondary N) is 1. The summed E-state index contributed by atoms with van der Waals surface area (Å²) in [6.45, 7) is 8.13. The van der Waals surface area contributed by atoms with E-state index in [4.69, 9.17) is 9.47 Å². The van der Waals surface area contributed by atoms with Crippen LogP contribution in [0.1, 0.15) is 46.5 Å². The third-order valence-electron chi connectivity index (χ3n) is 3.01. The van der Waals surface area contributed by atoms with Gasteiger partial charge in [0.2, 0.25) is 0 Å². The van der Waals surface area contributed by atoms with Gasteiger partial charge in [0.05, 0.1) is 5.60 Å². The first-order valence-electron chi connectivity index (χ1n) is 6.36. The van der Waals surface area contributed by atoms with Gasteiger partial charge in [-0.3, -0.25) is 0 Å². The normalized spacial score (nSPS) is 14.1. The highest BCUT2D eigenvalue weighted by molar-refractivity contribution is 4.73. The van der Waals surface area contributed by atoms with Gasteiger partial charge in [-0.1, -0.05) is 6.92 Å². The maximum atomic E-state index is 5.50. The van der Waals surface area contributed by atoms with E-state index in [2.05, 4.69) is 26.1 Å². The number of hydrogen-bond donors (Lipinski definition) is 1. The second-order valence-corrected chi connectivity index (χ2v) is 4.89. The lowest BCUT2D eigenvalue weighted by molar-refractivity contribution is 0.0108. The molecule has 1 N–H and O–H groups in total. The van der Waals surface area contributed by atoms with Gasteiger partial charge in [-0.05, 0) is 46.6 Å². The SMILES string of the molecule is CCCOCCC(CCC(C)(C)OC)NC. The Labute approximate surface area is 101 Å². The minimum absolute atomic E-state index is 0.0145. The molecule has 0 saturated carbocycles. The van der Waals surface area contributed by atoms with Crippen molar-refractivity contribution in [3.63, 3.8) is 0 Å². The minimum Gasteiger partial charge on any atom is -0.381 e. The maximum absolute atomic E-state index is 5.50. The fourth-order valence-corrected chi connectivity index (χ4v) is 1.53. The molecular weight excluding hydrogens is 202 g/mol. The number of hydrogen-bond acceptors (Lipinski definition) is 3. The highest BCUT2D eigenvalue weighted by Gasteiger charge is 2.18. The fraction of sp³-hybridized carbons (Fsp3) is 1.00. The lowest BCUT2D eigenvalue weighted by Crippen LogP contribution is -2.31. The Kier molecular flexibility index (Phi) is 8.90. The Morgan fingerprint density at radius 3 is 2.38 bits per heavy atom. The van der Waals surface area contributed by atoms with E-state index >= 15 is 0 Å². The van der Waals surface area contributed by atoms with Crippen molar-refractivity contribution in [2.45, 2.75) is 58.1 Å². The van der Waals surface area contributed by atoms with Gasteiger partial charge in [-0.15, -0.1) is 0 Å². The van der Waals surface area contributed by atoms with Gasteiger partial charge in [-0.2, -0.15) is 0 Å². The third kappa shape index (κ3) is 8.08. The van der Waals surface area contributed by atoms with Gasteiger partial charge >= 0.3 is 0 Å². The zero-order valence-electron chi connectivity index (χ0n) is 11.6. The highest BCUT2D eigenvalue weighted by atomic mass is 16.5. The largest absolute Gasteiger partial charge is 0.381 e. The van der Waals surface area contributed by atoms with Gasteiger partial charge in [0.25, 0.3) is 0 Å². The van der Waals surface area contributed by atoms with Crippen LogP contribution in [-0.4, -0.2) is 39.0 Å². The van der Waals surface area contributed by atoms with Crippen molar-refractivity contribution in [2.24, 2.45) is 0 Å². The van der Waals surface area contributed by atoms with E-state index in [1.54, 1.807) is 7.11 Å². The molecule has 1 atom stereocenters. The van der Waals surface area contributed by atoms with Crippen molar-refractivity contribution < 1.29 is 9.47 Å². The molecule has 0 amide bonds. The summed E-state index contributed by atoms with van der Waals surface area (Å²) in [7, 11) is 3.79. The standard InChI is InChI=1S/C13H29NO2/c1-6-10-16-11-8-12(14-4)7-9-13(2,3)15-5/h12,14H,6-11H2,1-5H3. The fourth-order valence-electron chi connectivity index (χ4n) is 1.53. The second-order valence-electron chi connectivity index (χ2n) is 4.89. The summed E-state index contributed by atoms with van der Waals surface area (Å²) in [5.41, 5.74) is -0.0145. The zero-order valence-corrected chi connectivity index (χ0v) is 11.6. The molecular formula is C13H29NO2. The predicted octanol–water partition coefficient (Wildman–Crippen LogP) is 2.60. The zero-order chi connectivity index (χ0) is 12.4. The average Bonchev–Trinajstić information content (AvgIpc) is 2.28. The first-order valence-corrected chi connectivity index (χ1v) is 6.36. The second kappa shape index (κ2) is 8.97. The molecule has 0 radical (unpaired) electrons. The van der Waals surface area contributed by atoms with Crippen LogP contribution in [-0.2, 0) is 9.47 Å². The van der Waals surface area contributed by atoms with Crippen LogP contribution in [0.4, 0.5) is 0 Å². The molecule has 0 bridgehead atoms. The van der Waals surface area contributed by atoms with Crippen molar-refractivity contribution in [2.75, 3.05) is 27.4 Å². The van der Waals surface area contributed by atoms with E-state index in [1.165, 1.54) is 0 Å². The molecule has 3 heteroatoms. The van der Waals surface area contributed by atoms with Crippen molar-refractivity contribution in [1.29, 1.82) is 0 Å². The Bertz CT molecular complexity index is 160. The van der Waals surface area contributed by atoms with E-state index in [0.29, 0.717) is 6.04 Å². The smallest absolute Gasteiger partial charge is 0.0623 e. The van der Waals surface area contributed by atoms with E-state index < -0.39 is 0 Å². The molecule has 16 heavy (non-hydrogen) atoms. The van der Waals surface area contributed by atoms with Crippen LogP contribution in [0.5, 0.6) is 0 Å². The van der Waals surface area contributed by atoms with Crippen molar-refractivity contribution >= 4 is 0 Å². The van der Waals surface area contributed by atoms with E-state index in [0.717, 1.165) is 38.9 Å². The van der Waals surface area contributed by atoms with Crippen molar-refractivity contribution in [3.05, 3.63) is 0 Å². The van der Waals surface area contributed by atoms with E-state index in [1.807, 2.05) is 7.05 Å². The molecule has 0 rings (SSSR count). The van der Waals surface area contributed by atoms with Crippen molar-refractivity contribution in [3.8, 4) is 0 Å². The van der Waals surface area contributed by atoms with Gasteiger partial charge in [0.1, 0.15) is 0 Å². The number of ether oxygens (including phenoxy) is 2. The van der Waals surface area contributed by atoms with Gasteiger partial charge in [-0.25, -0.2) is 0 Å². The molecule has 0 spiro atoms. The van der Waals surface area contributed by atoms with Crippen LogP contribution in [0.25, 0.3) is 0 Å². The molecule has 0 heterocycles. The molecule has 1 unspecified atom stereocenters. The first-order chi connectivity index (χ1) is 7.55. The molecule has 0 saturated heterocycles. The quantitative estimate of drug-likeness (QED) is 0.586. The highest BCUT2D eigenvalue weighted by Crippen LogP contribution is 2.17. The molecule has 0 aromatic carbocycles. The Morgan fingerprint density at radius 2 is 1.88 bits per heavy atom. The van der Waals surface area contributed by atoms with Crippen LogP contribution in [0, 0.1) is 0 Å². The Hall–Kier alpha value is -0.120. The molecule has 98 valence electrons. The van der Waals surface area contributed by atoms with Crippen molar-refractivity contribution in [1.82, 2.24) is 5.32 Å². The van der Waals surface area contributed by atoms with Crippen LogP contribution in [0.2, 0.25) is 0 Å². The lowest BCUT2D eigenvalue weighted by atomic mass is 9.97. The Balaban J connectivity index is 3.66. The van der Waals surface area contributed by atoms with Gasteiger partial charge in [0.15, 0.2) is 0 Å². The molecule has 0 aromatic heterocycles. The molecule has 0 aromatic rings. The number of rotatable bonds is 10. The van der Waals surface area contributed by atoms with Gasteiger partial charge in [0, 0.05) is 26.4 Å². The van der Waals surface area contributed by atoms with Crippen LogP contribution < -0.4 is 5.32 Å². The summed E-state index contributed by atoms with van der Waals surface area (Å²) in [4.78, 5) is 0. The molecule has 0 aliphatic heterocycles. The van der Waals surface area contributed by atoms with Crippen LogP contribution in [0.15, 0.2) is 0 Å². The van der Waals surface area contributed by atoms with Crippen LogP contribution >= 0.6 is 0 Å². The van der Waals surface area contributed by atoms with Crippen LogP contribution in [0.3, 0.4) is 0 Å². The number of methoxy groups -OCH3 is 1. The Morgan fingerprint density at radius 1 is 1.19 bits per heavy atom. The molecule has 3 nitrogen and oxygen atoms in total. The first kappa shape index (κ1) is 15.9. The molecule has 0 aliphatic carbocycles. The predicted molar refractivity (Wildman–Crippen MR) is 68.9 cm³/mol. The van der Waals surface area contributed by atoms with Gasteiger partial charge < -0.3 is 14.8 Å². The molecule has 0 aliphatic rings. The third-order valence-corrected chi connectivity index (χ3v) is 3.01. The summed E-state index contributed by atoms with van der Waals surface area (Å²) in [6.07, 6.45) is 4.38. The lowest BCUT2D eigenvalue weighted by Gasteiger charge is -2.25. The minimum atomic E-state index is -0.0145.